The Morgan fingerprint density at radius 3 is 3.05 bits per heavy atom. The first-order chi connectivity index (χ1) is 10.2. The molecule has 0 spiro atoms. The molecule has 0 bridgehead atoms. The first-order valence-corrected chi connectivity index (χ1v) is 8.42. The van der Waals surface area contributed by atoms with Gasteiger partial charge >= 0.3 is 0 Å². The van der Waals surface area contributed by atoms with Crippen LogP contribution in [-0.4, -0.2) is 43.8 Å². The van der Waals surface area contributed by atoms with Gasteiger partial charge in [0.15, 0.2) is 0 Å². The van der Waals surface area contributed by atoms with Gasteiger partial charge in [0.2, 0.25) is 5.91 Å². The van der Waals surface area contributed by atoms with Gasteiger partial charge in [-0.1, -0.05) is 0 Å². The lowest BCUT2D eigenvalue weighted by molar-refractivity contribution is -0.128. The van der Waals surface area contributed by atoms with Gasteiger partial charge in [-0.2, -0.15) is 0 Å². The fourth-order valence-corrected chi connectivity index (χ4v) is 3.48. The number of amides is 1. The van der Waals surface area contributed by atoms with Crippen LogP contribution in [0.2, 0.25) is 0 Å². The van der Waals surface area contributed by atoms with E-state index < -0.39 is 0 Å². The summed E-state index contributed by atoms with van der Waals surface area (Å²) in [5.41, 5.74) is 1.25. The number of carbonyl (C=O) groups excluding carboxylic acids is 1. The molecule has 21 heavy (non-hydrogen) atoms. The average molecular weight is 308 g/mol. The monoisotopic (exact) mass is 308 g/mol. The quantitative estimate of drug-likeness (QED) is 0.908. The van der Waals surface area contributed by atoms with E-state index in [2.05, 4.69) is 17.4 Å². The second-order valence-corrected chi connectivity index (χ2v) is 6.37. The molecule has 0 saturated carbocycles. The number of nitrogens with zero attached hydrogens (tertiary/aromatic N) is 1. The van der Waals surface area contributed by atoms with Crippen LogP contribution in [0.3, 0.4) is 0 Å². The van der Waals surface area contributed by atoms with Crippen LogP contribution in [0.25, 0.3) is 0 Å². The van der Waals surface area contributed by atoms with E-state index in [-0.39, 0.29) is 11.9 Å². The highest BCUT2D eigenvalue weighted by Crippen LogP contribution is 2.36. The van der Waals surface area contributed by atoms with Crippen LogP contribution < -0.4 is 10.1 Å². The van der Waals surface area contributed by atoms with E-state index in [9.17, 15) is 4.79 Å². The molecule has 4 nitrogen and oxygen atoms in total. The van der Waals surface area contributed by atoms with Gasteiger partial charge in [-0.05, 0) is 49.3 Å². The van der Waals surface area contributed by atoms with Gasteiger partial charge in [-0.3, -0.25) is 4.79 Å². The van der Waals surface area contributed by atoms with Crippen molar-refractivity contribution in [1.82, 2.24) is 10.2 Å². The Morgan fingerprint density at radius 1 is 1.52 bits per heavy atom. The minimum Gasteiger partial charge on any atom is -0.497 e. The predicted octanol–water partition coefficient (Wildman–Crippen LogP) is 2.69. The summed E-state index contributed by atoms with van der Waals surface area (Å²) in [5, 5.41) is 3.42. The Kier molecular flexibility index (Phi) is 5.94. The summed E-state index contributed by atoms with van der Waals surface area (Å²) < 4.78 is 5.34. The Balaban J connectivity index is 2.11. The number of fused-ring (bicyclic) bond motifs is 1. The van der Waals surface area contributed by atoms with Crippen LogP contribution in [0.4, 0.5) is 0 Å². The highest BCUT2D eigenvalue weighted by Gasteiger charge is 2.20. The molecule has 1 atom stereocenters. The lowest BCUT2D eigenvalue weighted by Crippen LogP contribution is -2.37. The van der Waals surface area contributed by atoms with Gasteiger partial charge in [0.1, 0.15) is 5.75 Å². The van der Waals surface area contributed by atoms with Gasteiger partial charge in [0.05, 0.1) is 13.7 Å². The van der Waals surface area contributed by atoms with E-state index in [1.165, 1.54) is 10.5 Å². The van der Waals surface area contributed by atoms with Crippen LogP contribution in [0, 0.1) is 0 Å². The van der Waals surface area contributed by atoms with Gasteiger partial charge in [0.25, 0.3) is 0 Å². The van der Waals surface area contributed by atoms with Crippen LogP contribution in [-0.2, 0) is 4.79 Å². The lowest BCUT2D eigenvalue weighted by atomic mass is 10.0. The third-order valence-electron chi connectivity index (χ3n) is 3.89. The smallest absolute Gasteiger partial charge is 0.236 e. The number of rotatable bonds is 5. The minimum absolute atomic E-state index is 0.138. The molecule has 0 fully saturated rings. The van der Waals surface area contributed by atoms with Crippen molar-refractivity contribution in [1.29, 1.82) is 0 Å². The number of hydrogen-bond acceptors (Lipinski definition) is 4. The number of hydrogen-bond donors (Lipinski definition) is 1. The molecule has 1 aliphatic heterocycles. The van der Waals surface area contributed by atoms with E-state index >= 15 is 0 Å². The molecule has 0 saturated heterocycles. The van der Waals surface area contributed by atoms with Gasteiger partial charge < -0.3 is 15.0 Å². The molecule has 5 heteroatoms. The summed E-state index contributed by atoms with van der Waals surface area (Å²) in [6.07, 6.45) is 2.20. The second kappa shape index (κ2) is 7.71. The largest absolute Gasteiger partial charge is 0.497 e. The van der Waals surface area contributed by atoms with Crippen molar-refractivity contribution in [2.75, 3.05) is 33.0 Å². The molecule has 1 amide bonds. The molecule has 0 aromatic heterocycles. The number of nitrogens with one attached hydrogen (secondary N) is 1. The van der Waals surface area contributed by atoms with Gasteiger partial charge in [-0.25, -0.2) is 0 Å². The van der Waals surface area contributed by atoms with Crippen molar-refractivity contribution in [3.63, 3.8) is 0 Å². The van der Waals surface area contributed by atoms with Crippen LogP contribution >= 0.6 is 11.8 Å². The predicted molar refractivity (Wildman–Crippen MR) is 87.0 cm³/mol. The molecular formula is C16H24N2O2S. The molecule has 1 heterocycles. The first kappa shape index (κ1) is 16.2. The normalized spacial score (nSPS) is 17.8. The second-order valence-electron chi connectivity index (χ2n) is 5.24. The standard InChI is InChI=1S/C16H24N2O2S/c1-4-18(2)16(19)11-17-14-6-5-9-21-15-8-7-12(20-3)10-13(14)15/h7-8,10,14,17H,4-6,9,11H2,1-3H3/t14-/m0/s1. The molecule has 1 aliphatic rings. The van der Waals surface area contributed by atoms with E-state index in [4.69, 9.17) is 4.74 Å². The lowest BCUT2D eigenvalue weighted by Gasteiger charge is -2.21. The maximum Gasteiger partial charge on any atom is 0.236 e. The topological polar surface area (TPSA) is 41.6 Å². The maximum atomic E-state index is 12.0. The SMILES string of the molecule is CCN(C)C(=O)CN[C@H]1CCCSc2ccc(OC)cc21. The molecule has 0 radical (unpaired) electrons. The summed E-state index contributed by atoms with van der Waals surface area (Å²) >= 11 is 1.89. The molecule has 1 aromatic carbocycles. The molecular weight excluding hydrogens is 284 g/mol. The number of likely N-dealkylation sites (N-methyl/N-ethyl adjacent to an activating group) is 1. The van der Waals surface area contributed by atoms with E-state index in [0.29, 0.717) is 6.54 Å². The summed E-state index contributed by atoms with van der Waals surface area (Å²) in [6, 6.07) is 6.45. The van der Waals surface area contributed by atoms with Crippen LogP contribution in [0.15, 0.2) is 23.1 Å². The van der Waals surface area contributed by atoms with Crippen molar-refractivity contribution in [2.24, 2.45) is 0 Å². The zero-order chi connectivity index (χ0) is 15.2. The first-order valence-electron chi connectivity index (χ1n) is 7.43. The van der Waals surface area contributed by atoms with Gasteiger partial charge in [-0.15, -0.1) is 11.8 Å². The van der Waals surface area contributed by atoms with E-state index in [1.54, 1.807) is 12.0 Å². The van der Waals surface area contributed by atoms with Crippen molar-refractivity contribution in [3.05, 3.63) is 23.8 Å². The zero-order valence-electron chi connectivity index (χ0n) is 13.0. The van der Waals surface area contributed by atoms with Gasteiger partial charge in [0, 0.05) is 24.5 Å². The maximum absolute atomic E-state index is 12.0. The van der Waals surface area contributed by atoms with Crippen molar-refractivity contribution < 1.29 is 9.53 Å². The molecule has 116 valence electrons. The fraction of sp³-hybridized carbons (Fsp3) is 0.562. The number of methoxy groups -OCH3 is 1. The summed E-state index contributed by atoms with van der Waals surface area (Å²) in [5.74, 6) is 2.14. The van der Waals surface area contributed by atoms with E-state index in [0.717, 1.165) is 30.9 Å². The highest BCUT2D eigenvalue weighted by atomic mass is 32.2. The third kappa shape index (κ3) is 4.14. The summed E-state index contributed by atoms with van der Waals surface area (Å²) in [6.45, 7) is 3.11. The molecule has 0 aliphatic carbocycles. The highest BCUT2D eigenvalue weighted by molar-refractivity contribution is 7.99. The minimum atomic E-state index is 0.138. The van der Waals surface area contributed by atoms with Crippen LogP contribution in [0.5, 0.6) is 5.75 Å². The number of carbonyl (C=O) groups is 1. The average Bonchev–Trinajstić information content (AvgIpc) is 2.73. The van der Waals surface area contributed by atoms with E-state index in [1.807, 2.05) is 31.8 Å². The summed E-state index contributed by atoms with van der Waals surface area (Å²) in [4.78, 5) is 15.0. The Morgan fingerprint density at radius 2 is 2.33 bits per heavy atom. The van der Waals surface area contributed by atoms with Crippen molar-refractivity contribution >= 4 is 17.7 Å². The Bertz CT molecular complexity index is 493. The van der Waals surface area contributed by atoms with Crippen LogP contribution in [0.1, 0.15) is 31.4 Å². The van der Waals surface area contributed by atoms with Crippen molar-refractivity contribution in [2.45, 2.75) is 30.7 Å². The van der Waals surface area contributed by atoms with Crippen molar-refractivity contribution in [3.8, 4) is 5.75 Å². The molecule has 1 N–H and O–H groups in total. The Labute approximate surface area is 131 Å². The molecule has 1 aromatic rings. The summed E-state index contributed by atoms with van der Waals surface area (Å²) in [7, 11) is 3.53. The Hall–Kier alpha value is -1.20. The number of thioether (sulfide) groups is 1. The number of benzene rings is 1. The number of ether oxygens (including phenoxy) is 1. The molecule has 2 rings (SSSR count). The zero-order valence-corrected chi connectivity index (χ0v) is 13.8. The fourth-order valence-electron chi connectivity index (χ4n) is 2.42. The molecule has 0 unspecified atom stereocenters. The third-order valence-corrected chi connectivity index (χ3v) is 5.06.